The zero-order chi connectivity index (χ0) is 16.2. The predicted octanol–water partition coefficient (Wildman–Crippen LogP) is 3.61. The third-order valence-corrected chi connectivity index (χ3v) is 4.22. The molecular formula is C18H17N3OS. The number of hydrogen-bond acceptors (Lipinski definition) is 4. The minimum absolute atomic E-state index is 0.107. The minimum atomic E-state index is -0.107. The highest BCUT2D eigenvalue weighted by Crippen LogP contribution is 2.25. The first-order valence-corrected chi connectivity index (χ1v) is 8.24. The van der Waals surface area contributed by atoms with E-state index >= 15 is 0 Å². The Morgan fingerprint density at radius 3 is 2.61 bits per heavy atom. The van der Waals surface area contributed by atoms with E-state index in [1.807, 2.05) is 62.4 Å². The summed E-state index contributed by atoms with van der Waals surface area (Å²) in [6, 6.07) is 15.5. The summed E-state index contributed by atoms with van der Waals surface area (Å²) in [5, 5.41) is 0.841. The van der Waals surface area contributed by atoms with E-state index in [0.717, 1.165) is 10.6 Å². The molecule has 0 radical (unpaired) electrons. The first-order valence-electron chi connectivity index (χ1n) is 7.42. The standard InChI is InChI=1S/C18H17N3OS/c1-13(2)20-16-10-6-7-11-21(16)18(22)15-12-19-17(23-15)14-8-4-3-5-9-14/h3-13H,1-2H3. The molecule has 0 saturated heterocycles. The lowest BCUT2D eigenvalue weighted by molar-refractivity contribution is 0.0958. The van der Waals surface area contributed by atoms with Crippen molar-refractivity contribution in [1.29, 1.82) is 0 Å². The molecular weight excluding hydrogens is 306 g/mol. The van der Waals surface area contributed by atoms with Crippen LogP contribution in [0.1, 0.15) is 23.5 Å². The Balaban J connectivity index is 1.98. The minimum Gasteiger partial charge on any atom is -0.267 e. The molecule has 0 bridgehead atoms. The summed E-state index contributed by atoms with van der Waals surface area (Å²) < 4.78 is 1.57. The van der Waals surface area contributed by atoms with Gasteiger partial charge in [0.05, 0.1) is 6.20 Å². The lowest BCUT2D eigenvalue weighted by Crippen LogP contribution is -2.27. The highest BCUT2D eigenvalue weighted by Gasteiger charge is 2.14. The summed E-state index contributed by atoms with van der Waals surface area (Å²) in [6.07, 6.45) is 3.37. The first kappa shape index (κ1) is 15.4. The van der Waals surface area contributed by atoms with E-state index in [1.54, 1.807) is 17.0 Å². The number of benzene rings is 1. The van der Waals surface area contributed by atoms with Crippen LogP contribution in [0.25, 0.3) is 10.6 Å². The maximum Gasteiger partial charge on any atom is 0.275 e. The van der Waals surface area contributed by atoms with Crippen molar-refractivity contribution in [3.63, 3.8) is 0 Å². The molecule has 0 amide bonds. The van der Waals surface area contributed by atoms with Crippen LogP contribution in [0.4, 0.5) is 0 Å². The number of rotatable bonds is 3. The maximum absolute atomic E-state index is 12.8. The molecule has 2 aromatic heterocycles. The van der Waals surface area contributed by atoms with Gasteiger partial charge in [0.1, 0.15) is 15.4 Å². The Hall–Kier alpha value is -2.53. The molecule has 0 aliphatic heterocycles. The van der Waals surface area contributed by atoms with Gasteiger partial charge in [0, 0.05) is 17.8 Å². The van der Waals surface area contributed by atoms with Crippen LogP contribution in [-0.2, 0) is 0 Å². The molecule has 2 heterocycles. The van der Waals surface area contributed by atoms with Crippen molar-refractivity contribution in [3.05, 3.63) is 71.3 Å². The average molecular weight is 323 g/mol. The van der Waals surface area contributed by atoms with E-state index in [1.165, 1.54) is 11.3 Å². The third-order valence-electron chi connectivity index (χ3n) is 3.18. The number of hydrogen-bond donors (Lipinski definition) is 0. The van der Waals surface area contributed by atoms with Gasteiger partial charge in [0.25, 0.3) is 5.91 Å². The van der Waals surface area contributed by atoms with Crippen molar-refractivity contribution >= 4 is 17.2 Å². The van der Waals surface area contributed by atoms with E-state index in [0.29, 0.717) is 10.4 Å². The number of pyridine rings is 1. The number of carbonyl (C=O) groups excluding carboxylic acids is 1. The zero-order valence-corrected chi connectivity index (χ0v) is 13.8. The smallest absolute Gasteiger partial charge is 0.267 e. The van der Waals surface area contributed by atoms with E-state index in [4.69, 9.17) is 0 Å². The lowest BCUT2D eigenvalue weighted by Gasteiger charge is -2.05. The van der Waals surface area contributed by atoms with Crippen LogP contribution in [0.2, 0.25) is 0 Å². The van der Waals surface area contributed by atoms with E-state index < -0.39 is 0 Å². The van der Waals surface area contributed by atoms with E-state index in [-0.39, 0.29) is 11.9 Å². The van der Waals surface area contributed by atoms with Gasteiger partial charge in [-0.1, -0.05) is 36.4 Å². The highest BCUT2D eigenvalue weighted by molar-refractivity contribution is 7.16. The van der Waals surface area contributed by atoms with Gasteiger partial charge in [-0.25, -0.2) is 4.98 Å². The molecule has 3 rings (SSSR count). The molecule has 0 atom stereocenters. The molecule has 0 unspecified atom stereocenters. The quantitative estimate of drug-likeness (QED) is 0.739. The molecule has 1 aromatic carbocycles. The normalized spacial score (nSPS) is 11.9. The van der Waals surface area contributed by atoms with Gasteiger partial charge in [-0.2, -0.15) is 0 Å². The topological polar surface area (TPSA) is 47.2 Å². The van der Waals surface area contributed by atoms with Gasteiger partial charge in [0.2, 0.25) is 0 Å². The zero-order valence-electron chi connectivity index (χ0n) is 13.0. The molecule has 4 nitrogen and oxygen atoms in total. The second kappa shape index (κ2) is 6.71. The number of carbonyl (C=O) groups is 1. The summed E-state index contributed by atoms with van der Waals surface area (Å²) in [7, 11) is 0. The summed E-state index contributed by atoms with van der Waals surface area (Å²) >= 11 is 1.39. The van der Waals surface area contributed by atoms with Crippen LogP contribution in [0.5, 0.6) is 0 Å². The fraction of sp³-hybridized carbons (Fsp3) is 0.167. The molecule has 3 aromatic rings. The van der Waals surface area contributed by atoms with E-state index in [2.05, 4.69) is 9.98 Å². The maximum atomic E-state index is 12.8. The Bertz CT molecular complexity index is 878. The molecule has 116 valence electrons. The van der Waals surface area contributed by atoms with Gasteiger partial charge >= 0.3 is 0 Å². The monoisotopic (exact) mass is 323 g/mol. The lowest BCUT2D eigenvalue weighted by atomic mass is 10.2. The van der Waals surface area contributed by atoms with Crippen molar-refractivity contribution in [1.82, 2.24) is 9.55 Å². The van der Waals surface area contributed by atoms with Crippen LogP contribution in [0.3, 0.4) is 0 Å². The third kappa shape index (κ3) is 3.46. The van der Waals surface area contributed by atoms with Crippen LogP contribution in [0, 0.1) is 0 Å². The van der Waals surface area contributed by atoms with Gasteiger partial charge in [-0.3, -0.25) is 14.4 Å². The van der Waals surface area contributed by atoms with Crippen molar-refractivity contribution < 1.29 is 4.79 Å². The SMILES string of the molecule is CC(C)N=c1ccccn1C(=O)c1cnc(-c2ccccc2)s1. The van der Waals surface area contributed by atoms with Crippen molar-refractivity contribution in [2.24, 2.45) is 4.99 Å². The van der Waals surface area contributed by atoms with Gasteiger partial charge in [-0.05, 0) is 26.0 Å². The molecule has 0 spiro atoms. The van der Waals surface area contributed by atoms with Crippen LogP contribution in [-0.4, -0.2) is 21.5 Å². The van der Waals surface area contributed by atoms with Crippen LogP contribution >= 0.6 is 11.3 Å². The molecule has 0 aliphatic rings. The molecule has 0 N–H and O–H groups in total. The second-order valence-electron chi connectivity index (χ2n) is 5.35. The first-order chi connectivity index (χ1) is 11.1. The fourth-order valence-corrected chi connectivity index (χ4v) is 3.04. The van der Waals surface area contributed by atoms with E-state index in [9.17, 15) is 4.79 Å². The summed E-state index contributed by atoms with van der Waals surface area (Å²) in [5.74, 6) is -0.107. The van der Waals surface area contributed by atoms with Crippen molar-refractivity contribution in [2.45, 2.75) is 19.9 Å². The molecule has 0 fully saturated rings. The Morgan fingerprint density at radius 2 is 1.87 bits per heavy atom. The van der Waals surface area contributed by atoms with Gasteiger partial charge in [0.15, 0.2) is 0 Å². The largest absolute Gasteiger partial charge is 0.275 e. The van der Waals surface area contributed by atoms with Crippen molar-refractivity contribution in [3.8, 4) is 10.6 Å². The molecule has 0 saturated carbocycles. The van der Waals surface area contributed by atoms with Crippen LogP contribution in [0.15, 0.2) is 65.9 Å². The molecule has 0 aliphatic carbocycles. The summed E-state index contributed by atoms with van der Waals surface area (Å²) in [5.41, 5.74) is 1.67. The molecule has 5 heteroatoms. The second-order valence-corrected chi connectivity index (χ2v) is 6.38. The van der Waals surface area contributed by atoms with Crippen molar-refractivity contribution in [2.75, 3.05) is 0 Å². The summed E-state index contributed by atoms with van der Waals surface area (Å²) in [4.78, 5) is 22.2. The Kier molecular flexibility index (Phi) is 4.48. The predicted molar refractivity (Wildman–Crippen MR) is 92.4 cm³/mol. The number of aromatic nitrogens is 2. The van der Waals surface area contributed by atoms with Gasteiger partial charge < -0.3 is 0 Å². The highest BCUT2D eigenvalue weighted by atomic mass is 32.1. The van der Waals surface area contributed by atoms with Gasteiger partial charge in [-0.15, -0.1) is 11.3 Å². The van der Waals surface area contributed by atoms with Crippen LogP contribution < -0.4 is 5.49 Å². The average Bonchev–Trinajstić information content (AvgIpc) is 3.05. The fourth-order valence-electron chi connectivity index (χ4n) is 2.18. The Morgan fingerprint density at radius 1 is 1.13 bits per heavy atom. The number of thiazole rings is 1. The molecule has 23 heavy (non-hydrogen) atoms. The number of nitrogens with zero attached hydrogens (tertiary/aromatic N) is 3. The Labute approximate surface area is 138 Å². The summed E-state index contributed by atoms with van der Waals surface area (Å²) in [6.45, 7) is 3.98.